The van der Waals surface area contributed by atoms with Gasteiger partial charge in [0.2, 0.25) is 5.91 Å². The number of carbonyl (C=O) groups excluding carboxylic acids is 2. The van der Waals surface area contributed by atoms with Gasteiger partial charge in [-0.2, -0.15) is 0 Å². The normalized spacial score (nSPS) is 10.8. The third-order valence-electron chi connectivity index (χ3n) is 3.93. The lowest BCUT2D eigenvalue weighted by Crippen LogP contribution is -2.26. The largest absolute Gasteiger partial charge is 0.356 e. The summed E-state index contributed by atoms with van der Waals surface area (Å²) in [6, 6.07) is 12.6. The number of halogens is 1. The highest BCUT2D eigenvalue weighted by molar-refractivity contribution is 6.30. The molecule has 3 aromatic rings. The minimum Gasteiger partial charge on any atom is -0.356 e. The van der Waals surface area contributed by atoms with Crippen LogP contribution in [0.2, 0.25) is 5.02 Å². The Morgan fingerprint density at radius 1 is 1.08 bits per heavy atom. The number of fused-ring (bicyclic) bond motifs is 1. The predicted octanol–water partition coefficient (Wildman–Crippen LogP) is 3.31. The van der Waals surface area contributed by atoms with E-state index in [9.17, 15) is 9.59 Å². The van der Waals surface area contributed by atoms with E-state index in [0.717, 1.165) is 11.3 Å². The van der Waals surface area contributed by atoms with E-state index in [1.54, 1.807) is 24.3 Å². The van der Waals surface area contributed by atoms with E-state index < -0.39 is 0 Å². The van der Waals surface area contributed by atoms with Crippen LogP contribution in [-0.4, -0.2) is 27.6 Å². The smallest absolute Gasteiger partial charge is 0.220 e. The summed E-state index contributed by atoms with van der Waals surface area (Å²) >= 11 is 5.80. The fourth-order valence-corrected chi connectivity index (χ4v) is 2.72. The minimum atomic E-state index is -0.136. The van der Waals surface area contributed by atoms with Crippen LogP contribution in [0, 0.1) is 0 Å². The highest BCUT2D eigenvalue weighted by Gasteiger charge is 2.10. The summed E-state index contributed by atoms with van der Waals surface area (Å²) in [5, 5.41) is 3.42. The number of carbonyl (C=O) groups is 2. The van der Waals surface area contributed by atoms with E-state index in [0.29, 0.717) is 23.6 Å². The van der Waals surface area contributed by atoms with Crippen LogP contribution in [0.5, 0.6) is 0 Å². The number of Topliss-reactive ketones (excluding diaryl/α,β-unsaturated/α-hetero) is 1. The molecule has 2 heterocycles. The van der Waals surface area contributed by atoms with Crippen LogP contribution in [0.25, 0.3) is 5.52 Å². The Labute approximate surface area is 150 Å². The number of rotatable bonds is 7. The van der Waals surface area contributed by atoms with Crippen molar-refractivity contribution in [1.82, 2.24) is 14.7 Å². The number of ketones is 1. The van der Waals surface area contributed by atoms with Gasteiger partial charge in [0, 0.05) is 42.6 Å². The zero-order valence-electron chi connectivity index (χ0n) is 13.6. The molecule has 0 radical (unpaired) electrons. The molecule has 0 aliphatic carbocycles. The first kappa shape index (κ1) is 17.2. The predicted molar refractivity (Wildman–Crippen MR) is 96.9 cm³/mol. The highest BCUT2D eigenvalue weighted by atomic mass is 35.5. The molecule has 0 atom stereocenters. The van der Waals surface area contributed by atoms with E-state index in [-0.39, 0.29) is 24.5 Å². The fourth-order valence-electron chi connectivity index (χ4n) is 2.59. The second kappa shape index (κ2) is 7.94. The zero-order valence-corrected chi connectivity index (χ0v) is 14.4. The van der Waals surface area contributed by atoms with E-state index >= 15 is 0 Å². The van der Waals surface area contributed by atoms with Crippen molar-refractivity contribution >= 4 is 28.8 Å². The van der Waals surface area contributed by atoms with Gasteiger partial charge >= 0.3 is 0 Å². The van der Waals surface area contributed by atoms with Crippen molar-refractivity contribution in [2.45, 2.75) is 19.3 Å². The van der Waals surface area contributed by atoms with Gasteiger partial charge in [0.25, 0.3) is 0 Å². The van der Waals surface area contributed by atoms with Crippen LogP contribution in [0.3, 0.4) is 0 Å². The summed E-state index contributed by atoms with van der Waals surface area (Å²) < 4.78 is 2.00. The van der Waals surface area contributed by atoms with Crippen molar-refractivity contribution in [2.24, 2.45) is 0 Å². The van der Waals surface area contributed by atoms with Crippen LogP contribution >= 0.6 is 11.6 Å². The number of pyridine rings is 1. The lowest BCUT2D eigenvalue weighted by molar-refractivity contribution is -0.121. The van der Waals surface area contributed by atoms with Gasteiger partial charge in [0.15, 0.2) is 5.78 Å². The number of nitrogens with one attached hydrogen (secondary N) is 1. The molecule has 128 valence electrons. The molecule has 0 saturated carbocycles. The van der Waals surface area contributed by atoms with Crippen LogP contribution in [0.1, 0.15) is 29.0 Å². The SMILES string of the molecule is O=C(CCC(=O)c1ccc(Cl)cc1)NCCc1ncc2ccccn12. The second-order valence-electron chi connectivity index (χ2n) is 5.70. The van der Waals surface area contributed by atoms with Crippen molar-refractivity contribution < 1.29 is 9.59 Å². The number of hydrogen-bond acceptors (Lipinski definition) is 3. The van der Waals surface area contributed by atoms with Gasteiger partial charge in [0.1, 0.15) is 5.82 Å². The molecule has 5 nitrogen and oxygen atoms in total. The molecule has 1 amide bonds. The summed E-state index contributed by atoms with van der Waals surface area (Å²) in [6.07, 6.45) is 4.74. The van der Waals surface area contributed by atoms with Gasteiger partial charge in [-0.3, -0.25) is 9.59 Å². The van der Waals surface area contributed by atoms with Crippen molar-refractivity contribution in [3.63, 3.8) is 0 Å². The summed E-state index contributed by atoms with van der Waals surface area (Å²) in [5.41, 5.74) is 1.60. The lowest BCUT2D eigenvalue weighted by atomic mass is 10.1. The molecule has 0 bridgehead atoms. The highest BCUT2D eigenvalue weighted by Crippen LogP contribution is 2.12. The summed E-state index contributed by atoms with van der Waals surface area (Å²) in [4.78, 5) is 28.3. The lowest BCUT2D eigenvalue weighted by Gasteiger charge is -2.05. The molecular weight excluding hydrogens is 338 g/mol. The third kappa shape index (κ3) is 4.45. The van der Waals surface area contributed by atoms with E-state index in [2.05, 4.69) is 10.3 Å². The van der Waals surface area contributed by atoms with Crippen molar-refractivity contribution in [3.8, 4) is 0 Å². The number of aromatic nitrogens is 2. The van der Waals surface area contributed by atoms with E-state index in [1.807, 2.05) is 35.0 Å². The average Bonchev–Trinajstić information content (AvgIpc) is 3.04. The van der Waals surface area contributed by atoms with Gasteiger partial charge in [-0.05, 0) is 36.4 Å². The zero-order chi connectivity index (χ0) is 17.6. The van der Waals surface area contributed by atoms with E-state index in [1.165, 1.54) is 0 Å². The number of imidazole rings is 1. The Bertz CT molecular complexity index is 887. The fraction of sp³-hybridized carbons (Fsp3) is 0.211. The third-order valence-corrected chi connectivity index (χ3v) is 4.18. The molecular formula is C19H18ClN3O2. The van der Waals surface area contributed by atoms with E-state index in [4.69, 9.17) is 11.6 Å². The van der Waals surface area contributed by atoms with Gasteiger partial charge < -0.3 is 9.72 Å². The molecule has 1 aromatic carbocycles. The Hall–Kier alpha value is -2.66. The summed E-state index contributed by atoms with van der Waals surface area (Å²) in [6.45, 7) is 0.488. The van der Waals surface area contributed by atoms with Crippen LogP contribution in [0.4, 0.5) is 0 Å². The molecule has 6 heteroatoms. The Balaban J connectivity index is 1.44. The molecule has 0 aliphatic rings. The summed E-state index contributed by atoms with van der Waals surface area (Å²) in [5.74, 6) is 0.697. The molecule has 25 heavy (non-hydrogen) atoms. The van der Waals surface area contributed by atoms with Gasteiger partial charge in [-0.15, -0.1) is 0 Å². The molecule has 0 aliphatic heterocycles. The maximum Gasteiger partial charge on any atom is 0.220 e. The van der Waals surface area contributed by atoms with Gasteiger partial charge in [-0.1, -0.05) is 17.7 Å². The Morgan fingerprint density at radius 2 is 1.88 bits per heavy atom. The molecule has 0 fully saturated rings. The van der Waals surface area contributed by atoms with Crippen LogP contribution in [0.15, 0.2) is 54.9 Å². The molecule has 2 aromatic heterocycles. The molecule has 0 unspecified atom stereocenters. The van der Waals surface area contributed by atoms with Gasteiger partial charge in [-0.25, -0.2) is 4.98 Å². The second-order valence-corrected chi connectivity index (χ2v) is 6.14. The molecule has 0 spiro atoms. The van der Waals surface area contributed by atoms with Crippen LogP contribution < -0.4 is 5.32 Å². The number of nitrogens with zero attached hydrogens (tertiary/aromatic N) is 2. The van der Waals surface area contributed by atoms with Crippen molar-refractivity contribution in [3.05, 3.63) is 71.3 Å². The molecule has 1 N–H and O–H groups in total. The van der Waals surface area contributed by atoms with Gasteiger partial charge in [0.05, 0.1) is 11.7 Å². The Morgan fingerprint density at radius 3 is 2.68 bits per heavy atom. The first-order valence-corrected chi connectivity index (χ1v) is 8.48. The topological polar surface area (TPSA) is 63.5 Å². The Kier molecular flexibility index (Phi) is 5.46. The molecule has 0 saturated heterocycles. The quantitative estimate of drug-likeness (QED) is 0.661. The van der Waals surface area contributed by atoms with Crippen LogP contribution in [-0.2, 0) is 11.2 Å². The maximum absolute atomic E-state index is 12.0. The van der Waals surface area contributed by atoms with Crippen molar-refractivity contribution in [2.75, 3.05) is 6.54 Å². The first-order valence-electron chi connectivity index (χ1n) is 8.10. The number of amides is 1. The maximum atomic E-state index is 12.0. The standard InChI is InChI=1S/C19H18ClN3O2/c20-15-6-4-14(5-7-15)17(24)8-9-19(25)21-11-10-18-22-13-16-3-1-2-12-23(16)18/h1-7,12-13H,8-11H2,(H,21,25). The minimum absolute atomic E-state index is 0.0638. The number of benzene rings is 1. The van der Waals surface area contributed by atoms with Crippen molar-refractivity contribution in [1.29, 1.82) is 0 Å². The first-order chi connectivity index (χ1) is 12.1. The molecule has 3 rings (SSSR count). The monoisotopic (exact) mass is 355 g/mol. The number of hydrogen-bond donors (Lipinski definition) is 1. The summed E-state index contributed by atoms with van der Waals surface area (Å²) in [7, 11) is 0. The average molecular weight is 356 g/mol.